The maximum atomic E-state index is 13.9. The average Bonchev–Trinajstić information content (AvgIpc) is 2.65. The van der Waals surface area contributed by atoms with E-state index in [0.29, 0.717) is 23.2 Å². The van der Waals surface area contributed by atoms with Gasteiger partial charge in [-0.3, -0.25) is 4.79 Å². The zero-order valence-corrected chi connectivity index (χ0v) is 15.4. The second kappa shape index (κ2) is 7.67. The highest BCUT2D eigenvalue weighted by Gasteiger charge is 2.41. The quantitative estimate of drug-likeness (QED) is 0.700. The summed E-state index contributed by atoms with van der Waals surface area (Å²) in [7, 11) is -0.378. The number of methoxy groups -OCH3 is 2. The molecular formula is C19H23O4P. The van der Waals surface area contributed by atoms with E-state index in [1.54, 1.807) is 42.5 Å². The average molecular weight is 346 g/mol. The normalized spacial score (nSPS) is 14.5. The summed E-state index contributed by atoms with van der Waals surface area (Å²) in [5.74, 6) is 0.748. The van der Waals surface area contributed by atoms with E-state index in [9.17, 15) is 9.36 Å². The summed E-state index contributed by atoms with van der Waals surface area (Å²) in [6, 6.07) is 14.1. The van der Waals surface area contributed by atoms with E-state index >= 15 is 0 Å². The lowest BCUT2D eigenvalue weighted by atomic mass is 10.2. The molecule has 0 amide bonds. The Morgan fingerprint density at radius 2 is 1.54 bits per heavy atom. The van der Waals surface area contributed by atoms with Gasteiger partial charge < -0.3 is 14.0 Å². The van der Waals surface area contributed by atoms with Crippen molar-refractivity contribution in [1.29, 1.82) is 0 Å². The van der Waals surface area contributed by atoms with Gasteiger partial charge in [0.1, 0.15) is 17.1 Å². The molecule has 0 radical (unpaired) electrons. The van der Waals surface area contributed by atoms with Crippen LogP contribution in [0.5, 0.6) is 11.5 Å². The van der Waals surface area contributed by atoms with Crippen molar-refractivity contribution in [3.8, 4) is 11.5 Å². The van der Waals surface area contributed by atoms with Crippen LogP contribution in [0.1, 0.15) is 30.6 Å². The molecule has 0 spiro atoms. The highest BCUT2D eigenvalue weighted by molar-refractivity contribution is 7.88. The van der Waals surface area contributed by atoms with Crippen LogP contribution < -0.4 is 14.8 Å². The number of hydrogen-bond acceptors (Lipinski definition) is 4. The van der Waals surface area contributed by atoms with Crippen LogP contribution in [0.2, 0.25) is 0 Å². The van der Waals surface area contributed by atoms with Crippen molar-refractivity contribution in [2.75, 3.05) is 14.2 Å². The first-order valence-electron chi connectivity index (χ1n) is 7.91. The van der Waals surface area contributed by atoms with E-state index in [-0.39, 0.29) is 11.2 Å². The molecule has 2 unspecified atom stereocenters. The van der Waals surface area contributed by atoms with Crippen LogP contribution in [0.15, 0.2) is 48.5 Å². The number of rotatable bonds is 7. The Balaban J connectivity index is 2.70. The van der Waals surface area contributed by atoms with Crippen LogP contribution in [0, 0.1) is 0 Å². The van der Waals surface area contributed by atoms with E-state index in [0.717, 1.165) is 0 Å². The molecule has 24 heavy (non-hydrogen) atoms. The molecule has 0 bridgehead atoms. The summed E-state index contributed by atoms with van der Waals surface area (Å²) in [6.07, 6.45) is 0.634. The smallest absolute Gasteiger partial charge is 0.233 e. The Labute approximate surface area is 143 Å². The number of ether oxygens (including phenoxy) is 2. The summed E-state index contributed by atoms with van der Waals surface area (Å²) in [6.45, 7) is 3.79. The molecule has 0 heterocycles. The van der Waals surface area contributed by atoms with Gasteiger partial charge in [0.2, 0.25) is 5.52 Å². The van der Waals surface area contributed by atoms with Crippen LogP contribution in [0.25, 0.3) is 0 Å². The second-order valence-corrected chi connectivity index (χ2v) is 8.71. The second-order valence-electron chi connectivity index (χ2n) is 5.59. The molecule has 0 aliphatic rings. The Bertz CT molecular complexity index is 733. The van der Waals surface area contributed by atoms with E-state index in [2.05, 4.69) is 0 Å². The third-order valence-corrected chi connectivity index (χ3v) is 7.79. The highest BCUT2D eigenvalue weighted by atomic mass is 31.2. The van der Waals surface area contributed by atoms with E-state index in [4.69, 9.17) is 9.47 Å². The first-order valence-corrected chi connectivity index (χ1v) is 9.69. The number of carbonyl (C=O) groups excluding carboxylic acids is 1. The summed E-state index contributed by atoms with van der Waals surface area (Å²) >= 11 is 0. The lowest BCUT2D eigenvalue weighted by Crippen LogP contribution is -2.22. The van der Waals surface area contributed by atoms with Crippen LogP contribution in [0.3, 0.4) is 0 Å². The first-order chi connectivity index (χ1) is 11.5. The molecule has 0 aliphatic heterocycles. The molecular weight excluding hydrogens is 323 g/mol. The summed E-state index contributed by atoms with van der Waals surface area (Å²) in [5.41, 5.74) is -0.450. The van der Waals surface area contributed by atoms with Gasteiger partial charge in [-0.2, -0.15) is 0 Å². The Morgan fingerprint density at radius 3 is 2.00 bits per heavy atom. The van der Waals surface area contributed by atoms with Gasteiger partial charge in [-0.05, 0) is 18.6 Å². The lowest BCUT2D eigenvalue weighted by molar-refractivity contribution is 0.106. The van der Waals surface area contributed by atoms with Gasteiger partial charge in [0.15, 0.2) is 7.14 Å². The van der Waals surface area contributed by atoms with E-state index < -0.39 is 12.7 Å². The molecule has 0 aromatic heterocycles. The molecule has 5 heteroatoms. The standard InChI is InChI=1S/C19H23O4P/c1-5-14(2)24(21,15-10-7-6-8-11-15)19(20)18-16(22-3)12-9-13-17(18)23-4/h6-14H,5H2,1-4H3. The Morgan fingerprint density at radius 1 is 1.00 bits per heavy atom. The van der Waals surface area contributed by atoms with Crippen molar-refractivity contribution >= 4 is 18.0 Å². The topological polar surface area (TPSA) is 52.6 Å². The van der Waals surface area contributed by atoms with Crippen molar-refractivity contribution in [3.05, 3.63) is 54.1 Å². The van der Waals surface area contributed by atoms with Gasteiger partial charge >= 0.3 is 0 Å². The Hall–Kier alpha value is -2.06. The predicted molar refractivity (Wildman–Crippen MR) is 97.3 cm³/mol. The van der Waals surface area contributed by atoms with Crippen molar-refractivity contribution in [2.45, 2.75) is 25.9 Å². The summed E-state index contributed by atoms with van der Waals surface area (Å²) < 4.78 is 24.6. The molecule has 0 aliphatic carbocycles. The molecule has 2 atom stereocenters. The third-order valence-electron chi connectivity index (χ3n) is 4.29. The van der Waals surface area contributed by atoms with Crippen molar-refractivity contribution < 1.29 is 18.8 Å². The predicted octanol–water partition coefficient (Wildman–Crippen LogP) is 4.33. The summed E-state index contributed by atoms with van der Waals surface area (Å²) in [5, 5.41) is 0.567. The van der Waals surface area contributed by atoms with E-state index in [1.165, 1.54) is 14.2 Å². The number of carbonyl (C=O) groups is 1. The maximum Gasteiger partial charge on any atom is 0.233 e. The highest BCUT2D eigenvalue weighted by Crippen LogP contribution is 2.55. The fraction of sp³-hybridized carbons (Fsp3) is 0.316. The molecule has 0 fully saturated rings. The van der Waals surface area contributed by atoms with Gasteiger partial charge in [-0.25, -0.2) is 0 Å². The minimum absolute atomic E-state index is 0.245. The SMILES string of the molecule is CCC(C)P(=O)(C(=O)c1c(OC)cccc1OC)c1ccccc1. The third kappa shape index (κ3) is 3.11. The van der Waals surface area contributed by atoms with Gasteiger partial charge in [0, 0.05) is 11.0 Å². The minimum Gasteiger partial charge on any atom is -0.496 e. The number of benzene rings is 2. The van der Waals surface area contributed by atoms with Crippen LogP contribution >= 0.6 is 7.14 Å². The fourth-order valence-corrected chi connectivity index (χ4v) is 5.53. The molecule has 128 valence electrons. The van der Waals surface area contributed by atoms with Crippen LogP contribution in [-0.2, 0) is 4.57 Å². The van der Waals surface area contributed by atoms with Crippen molar-refractivity contribution in [2.24, 2.45) is 0 Å². The first kappa shape index (κ1) is 18.3. The molecule has 0 saturated heterocycles. The van der Waals surface area contributed by atoms with Crippen molar-refractivity contribution in [1.82, 2.24) is 0 Å². The number of hydrogen-bond donors (Lipinski definition) is 0. The molecule has 2 rings (SSSR count). The minimum atomic E-state index is -3.35. The zero-order chi connectivity index (χ0) is 17.7. The molecule has 0 saturated carbocycles. The van der Waals surface area contributed by atoms with E-state index in [1.807, 2.05) is 19.9 Å². The van der Waals surface area contributed by atoms with Crippen molar-refractivity contribution in [3.63, 3.8) is 0 Å². The Kier molecular flexibility index (Phi) is 5.84. The molecule has 4 nitrogen and oxygen atoms in total. The van der Waals surface area contributed by atoms with Crippen LogP contribution in [0.4, 0.5) is 0 Å². The maximum absolute atomic E-state index is 13.9. The molecule has 2 aromatic rings. The fourth-order valence-electron chi connectivity index (χ4n) is 2.71. The monoisotopic (exact) mass is 346 g/mol. The largest absolute Gasteiger partial charge is 0.496 e. The lowest BCUT2D eigenvalue weighted by Gasteiger charge is -2.24. The van der Waals surface area contributed by atoms with Gasteiger partial charge in [-0.1, -0.05) is 50.2 Å². The summed E-state index contributed by atoms with van der Waals surface area (Å²) in [4.78, 5) is 13.4. The molecule has 2 aromatic carbocycles. The molecule has 0 N–H and O–H groups in total. The van der Waals surface area contributed by atoms with Gasteiger partial charge in [0.25, 0.3) is 0 Å². The van der Waals surface area contributed by atoms with Crippen LogP contribution in [-0.4, -0.2) is 25.4 Å². The van der Waals surface area contributed by atoms with Gasteiger partial charge in [0.05, 0.1) is 14.2 Å². The zero-order valence-electron chi connectivity index (χ0n) is 14.5. The van der Waals surface area contributed by atoms with Gasteiger partial charge in [-0.15, -0.1) is 0 Å².